The number of carbonyl (C=O) groups is 1. The van der Waals surface area contributed by atoms with Crippen molar-refractivity contribution in [3.05, 3.63) is 51.3 Å². The van der Waals surface area contributed by atoms with Crippen LogP contribution in [0.2, 0.25) is 9.36 Å². The van der Waals surface area contributed by atoms with E-state index in [1.165, 1.54) is 12.1 Å². The fourth-order valence-corrected chi connectivity index (χ4v) is 4.17. The first-order valence-corrected chi connectivity index (χ1v) is 9.18. The van der Waals surface area contributed by atoms with Gasteiger partial charge in [0.1, 0.15) is 4.21 Å². The maximum atomic E-state index is 11.9. The molecular formula is C13H12Cl2N2O3S2. The number of nitrogens with one attached hydrogen (secondary N) is 2. The van der Waals surface area contributed by atoms with Crippen molar-refractivity contribution < 1.29 is 13.2 Å². The van der Waals surface area contributed by atoms with Crippen LogP contribution in [-0.2, 0) is 21.4 Å². The fraction of sp³-hybridized carbons (Fsp3) is 0.154. The summed E-state index contributed by atoms with van der Waals surface area (Å²) < 4.78 is 26.5. The van der Waals surface area contributed by atoms with Crippen molar-refractivity contribution in [2.75, 3.05) is 6.54 Å². The van der Waals surface area contributed by atoms with Gasteiger partial charge in [-0.05, 0) is 29.8 Å². The van der Waals surface area contributed by atoms with Gasteiger partial charge in [-0.25, -0.2) is 13.1 Å². The summed E-state index contributed by atoms with van der Waals surface area (Å²) in [4.78, 5) is 11.7. The first-order valence-electron chi connectivity index (χ1n) is 6.13. The Bertz CT molecular complexity index is 758. The van der Waals surface area contributed by atoms with Crippen LogP contribution < -0.4 is 10.0 Å². The number of hydrogen-bond donors (Lipinski definition) is 2. The highest BCUT2D eigenvalue weighted by atomic mass is 35.5. The van der Waals surface area contributed by atoms with Gasteiger partial charge in [-0.2, -0.15) is 0 Å². The minimum absolute atomic E-state index is 0.0722. The minimum atomic E-state index is -3.72. The van der Waals surface area contributed by atoms with E-state index in [1.54, 1.807) is 24.3 Å². The lowest BCUT2D eigenvalue weighted by atomic mass is 10.2. The summed E-state index contributed by atoms with van der Waals surface area (Å²) in [6, 6.07) is 9.86. The molecule has 2 N–H and O–H groups in total. The highest BCUT2D eigenvalue weighted by molar-refractivity contribution is 7.91. The molecule has 1 aromatic carbocycles. The molecule has 0 fully saturated rings. The third kappa shape index (κ3) is 4.96. The van der Waals surface area contributed by atoms with Crippen molar-refractivity contribution in [2.45, 2.75) is 10.8 Å². The quantitative estimate of drug-likeness (QED) is 0.810. The van der Waals surface area contributed by atoms with Gasteiger partial charge in [-0.1, -0.05) is 35.3 Å². The van der Waals surface area contributed by atoms with Gasteiger partial charge in [0.25, 0.3) is 10.0 Å². The fourth-order valence-electron chi connectivity index (χ4n) is 1.54. The van der Waals surface area contributed by atoms with E-state index in [-0.39, 0.29) is 10.8 Å². The molecule has 118 valence electrons. The summed E-state index contributed by atoms with van der Waals surface area (Å²) in [5.74, 6) is -0.429. The lowest BCUT2D eigenvalue weighted by molar-refractivity contribution is -0.120. The number of carbonyl (C=O) groups excluding carboxylic acids is 1. The zero-order chi connectivity index (χ0) is 16.2. The van der Waals surface area contributed by atoms with E-state index < -0.39 is 15.9 Å². The lowest BCUT2D eigenvalue weighted by Crippen LogP contribution is -2.36. The lowest BCUT2D eigenvalue weighted by Gasteiger charge is -2.07. The molecule has 2 rings (SSSR count). The van der Waals surface area contributed by atoms with Gasteiger partial charge in [0, 0.05) is 11.6 Å². The maximum Gasteiger partial charge on any atom is 0.250 e. The number of thiophene rings is 1. The van der Waals surface area contributed by atoms with Crippen LogP contribution in [0.3, 0.4) is 0 Å². The minimum Gasteiger partial charge on any atom is -0.351 e. The Labute approximate surface area is 142 Å². The summed E-state index contributed by atoms with van der Waals surface area (Å²) >= 11 is 12.4. The van der Waals surface area contributed by atoms with Crippen molar-refractivity contribution in [3.63, 3.8) is 0 Å². The largest absolute Gasteiger partial charge is 0.351 e. The van der Waals surface area contributed by atoms with Gasteiger partial charge >= 0.3 is 0 Å². The molecular weight excluding hydrogens is 367 g/mol. The molecule has 0 unspecified atom stereocenters. The Morgan fingerprint density at radius 2 is 1.77 bits per heavy atom. The predicted molar refractivity (Wildman–Crippen MR) is 87.8 cm³/mol. The molecule has 0 aliphatic carbocycles. The molecule has 0 radical (unpaired) electrons. The van der Waals surface area contributed by atoms with Crippen LogP contribution in [0.5, 0.6) is 0 Å². The second kappa shape index (κ2) is 7.43. The third-order valence-corrected chi connectivity index (χ3v) is 6.02. The Hall–Kier alpha value is -1.12. The first-order chi connectivity index (χ1) is 10.4. The molecule has 22 heavy (non-hydrogen) atoms. The molecule has 0 spiro atoms. The monoisotopic (exact) mass is 378 g/mol. The summed E-state index contributed by atoms with van der Waals surface area (Å²) in [6.45, 7) is -0.0476. The van der Waals surface area contributed by atoms with Gasteiger partial charge < -0.3 is 5.32 Å². The van der Waals surface area contributed by atoms with E-state index in [1.807, 2.05) is 0 Å². The van der Waals surface area contributed by atoms with Gasteiger partial charge in [-0.3, -0.25) is 4.79 Å². The number of halogens is 2. The van der Waals surface area contributed by atoms with E-state index in [0.717, 1.165) is 16.9 Å². The summed E-state index contributed by atoms with van der Waals surface area (Å²) in [5.41, 5.74) is 0.866. The molecule has 0 atom stereocenters. The summed E-state index contributed by atoms with van der Waals surface area (Å²) in [7, 11) is -3.72. The number of sulfonamides is 1. The molecule has 1 aromatic heterocycles. The SMILES string of the molecule is O=C(CNS(=O)(=O)c1ccc(Cl)s1)NCc1ccc(Cl)cc1. The van der Waals surface area contributed by atoms with Crippen molar-refractivity contribution in [3.8, 4) is 0 Å². The molecule has 5 nitrogen and oxygen atoms in total. The molecule has 1 heterocycles. The van der Waals surface area contributed by atoms with Crippen molar-refractivity contribution in [1.82, 2.24) is 10.0 Å². The standard InChI is InChI=1S/C13H12Cl2N2O3S2/c14-10-3-1-9(2-4-10)7-16-12(18)8-17-22(19,20)13-6-5-11(15)21-13/h1-6,17H,7-8H2,(H,16,18). The van der Waals surface area contributed by atoms with Crippen molar-refractivity contribution in [1.29, 1.82) is 0 Å². The van der Waals surface area contributed by atoms with E-state index in [0.29, 0.717) is 15.9 Å². The molecule has 0 saturated heterocycles. The molecule has 0 saturated carbocycles. The molecule has 0 bridgehead atoms. The first kappa shape index (κ1) is 17.2. The second-order valence-electron chi connectivity index (χ2n) is 4.29. The molecule has 0 aliphatic heterocycles. The topological polar surface area (TPSA) is 75.3 Å². The van der Waals surface area contributed by atoms with E-state index in [9.17, 15) is 13.2 Å². The summed E-state index contributed by atoms with van der Waals surface area (Å²) in [6.07, 6.45) is 0. The maximum absolute atomic E-state index is 11.9. The highest BCUT2D eigenvalue weighted by Gasteiger charge is 2.17. The normalized spacial score (nSPS) is 11.4. The van der Waals surface area contributed by atoms with Gasteiger partial charge in [0.2, 0.25) is 5.91 Å². The average Bonchev–Trinajstić information content (AvgIpc) is 2.92. The second-order valence-corrected chi connectivity index (χ2v) is 8.43. The molecule has 9 heteroatoms. The molecule has 1 amide bonds. The Morgan fingerprint density at radius 3 is 2.36 bits per heavy atom. The Morgan fingerprint density at radius 1 is 1.09 bits per heavy atom. The number of hydrogen-bond acceptors (Lipinski definition) is 4. The van der Waals surface area contributed by atoms with Crippen molar-refractivity contribution >= 4 is 50.5 Å². The predicted octanol–water partition coefficient (Wildman–Crippen LogP) is 2.65. The smallest absolute Gasteiger partial charge is 0.250 e. The zero-order valence-corrected chi connectivity index (χ0v) is 14.3. The van der Waals surface area contributed by atoms with Crippen LogP contribution in [0.1, 0.15) is 5.56 Å². The van der Waals surface area contributed by atoms with Crippen LogP contribution in [0.4, 0.5) is 0 Å². The van der Waals surface area contributed by atoms with Crippen molar-refractivity contribution in [2.24, 2.45) is 0 Å². The highest BCUT2D eigenvalue weighted by Crippen LogP contribution is 2.25. The number of rotatable bonds is 6. The van der Waals surface area contributed by atoms with Crippen LogP contribution in [0.25, 0.3) is 0 Å². The van der Waals surface area contributed by atoms with Crippen LogP contribution in [0, 0.1) is 0 Å². The van der Waals surface area contributed by atoms with Crippen LogP contribution in [-0.4, -0.2) is 20.9 Å². The number of benzene rings is 1. The van der Waals surface area contributed by atoms with E-state index >= 15 is 0 Å². The van der Waals surface area contributed by atoms with E-state index in [2.05, 4.69) is 10.0 Å². The molecule has 0 aliphatic rings. The number of amides is 1. The Kier molecular flexibility index (Phi) is 5.82. The van der Waals surface area contributed by atoms with Crippen LogP contribution in [0.15, 0.2) is 40.6 Å². The third-order valence-electron chi connectivity index (χ3n) is 2.64. The van der Waals surface area contributed by atoms with Gasteiger partial charge in [0.15, 0.2) is 0 Å². The van der Waals surface area contributed by atoms with E-state index in [4.69, 9.17) is 23.2 Å². The molecule has 2 aromatic rings. The van der Waals surface area contributed by atoms with Gasteiger partial charge in [0.05, 0.1) is 10.9 Å². The van der Waals surface area contributed by atoms with Gasteiger partial charge in [-0.15, -0.1) is 11.3 Å². The van der Waals surface area contributed by atoms with Crippen LogP contribution >= 0.6 is 34.5 Å². The summed E-state index contributed by atoms with van der Waals surface area (Å²) in [5, 5.41) is 3.22. The average molecular weight is 379 g/mol. The Balaban J connectivity index is 1.83. The zero-order valence-electron chi connectivity index (χ0n) is 11.2.